The van der Waals surface area contributed by atoms with Gasteiger partial charge in [-0.05, 0) is 25.8 Å². The third-order valence-corrected chi connectivity index (χ3v) is 2.41. The van der Waals surface area contributed by atoms with E-state index in [0.717, 1.165) is 43.9 Å². The summed E-state index contributed by atoms with van der Waals surface area (Å²) in [5.41, 5.74) is 5.41. The molecule has 14 heavy (non-hydrogen) atoms. The van der Waals surface area contributed by atoms with Crippen LogP contribution < -0.4 is 5.73 Å². The number of ether oxygens (including phenoxy) is 1. The summed E-state index contributed by atoms with van der Waals surface area (Å²) < 4.78 is 11.1. The maximum absolute atomic E-state index is 5.58. The third kappa shape index (κ3) is 2.13. The molecule has 1 saturated heterocycles. The fraction of sp³-hybridized carbons (Fsp3) is 0.700. The van der Waals surface area contributed by atoms with E-state index in [1.165, 1.54) is 0 Å². The number of hydrogen-bond donors (Lipinski definition) is 1. The predicted molar refractivity (Wildman–Crippen MR) is 51.8 cm³/mol. The highest BCUT2D eigenvalue weighted by molar-refractivity contribution is 5.00. The zero-order chi connectivity index (χ0) is 9.80. The maximum atomic E-state index is 5.58. The van der Waals surface area contributed by atoms with E-state index >= 15 is 0 Å². The molecule has 4 nitrogen and oxygen atoms in total. The number of hydrogen-bond acceptors (Lipinski definition) is 4. The molecule has 0 aliphatic carbocycles. The molecule has 0 bridgehead atoms. The zero-order valence-corrected chi connectivity index (χ0v) is 8.24. The highest BCUT2D eigenvalue weighted by Crippen LogP contribution is 2.28. The molecule has 0 radical (unpaired) electrons. The van der Waals surface area contributed by atoms with Crippen LogP contribution in [0.5, 0.6) is 0 Å². The Kier molecular flexibility index (Phi) is 3.16. The van der Waals surface area contributed by atoms with Gasteiger partial charge < -0.3 is 14.9 Å². The summed E-state index contributed by atoms with van der Waals surface area (Å²) in [6.45, 7) is 1.52. The second-order valence-electron chi connectivity index (χ2n) is 3.55. The van der Waals surface area contributed by atoms with Gasteiger partial charge in [-0.3, -0.25) is 0 Å². The van der Waals surface area contributed by atoms with Crippen molar-refractivity contribution in [1.82, 2.24) is 4.98 Å². The predicted octanol–water partition coefficient (Wildman–Crippen LogP) is 1.42. The average Bonchev–Trinajstić information content (AvgIpc) is 2.85. The van der Waals surface area contributed by atoms with Crippen LogP contribution in [0.2, 0.25) is 0 Å². The second-order valence-corrected chi connectivity index (χ2v) is 3.55. The zero-order valence-electron chi connectivity index (χ0n) is 8.24. The van der Waals surface area contributed by atoms with Crippen LogP contribution in [0, 0.1) is 0 Å². The van der Waals surface area contributed by atoms with Gasteiger partial charge in [0.2, 0.25) is 0 Å². The first-order valence-electron chi connectivity index (χ1n) is 5.16. The van der Waals surface area contributed by atoms with Crippen molar-refractivity contribution in [3.63, 3.8) is 0 Å². The molecule has 1 aromatic rings. The molecular formula is C10H16N2O2. The van der Waals surface area contributed by atoms with Crippen LogP contribution in [0.15, 0.2) is 10.6 Å². The highest BCUT2D eigenvalue weighted by Gasteiger charge is 2.21. The number of rotatable bonds is 4. The largest absolute Gasteiger partial charge is 0.443 e. The Bertz CT molecular complexity index is 279. The molecule has 0 aromatic carbocycles. The summed E-state index contributed by atoms with van der Waals surface area (Å²) in [5.74, 6) is 1.65. The van der Waals surface area contributed by atoms with E-state index < -0.39 is 0 Å². The van der Waals surface area contributed by atoms with Gasteiger partial charge in [-0.15, -0.1) is 0 Å². The van der Waals surface area contributed by atoms with Gasteiger partial charge in [0.05, 0.1) is 6.20 Å². The molecule has 1 aliphatic rings. The topological polar surface area (TPSA) is 61.3 Å². The molecule has 0 saturated carbocycles. The van der Waals surface area contributed by atoms with Gasteiger partial charge in [0.25, 0.3) is 0 Å². The van der Waals surface area contributed by atoms with Crippen molar-refractivity contribution in [3.05, 3.63) is 17.8 Å². The van der Waals surface area contributed by atoms with Crippen LogP contribution >= 0.6 is 0 Å². The minimum atomic E-state index is 0.133. The van der Waals surface area contributed by atoms with Gasteiger partial charge in [0.15, 0.2) is 11.7 Å². The summed E-state index contributed by atoms with van der Waals surface area (Å²) in [7, 11) is 0. The van der Waals surface area contributed by atoms with Gasteiger partial charge in [-0.25, -0.2) is 4.98 Å². The van der Waals surface area contributed by atoms with Crippen molar-refractivity contribution in [1.29, 1.82) is 0 Å². The average molecular weight is 196 g/mol. The van der Waals surface area contributed by atoms with E-state index in [0.29, 0.717) is 6.54 Å². The van der Waals surface area contributed by atoms with Crippen molar-refractivity contribution >= 4 is 0 Å². The molecule has 1 atom stereocenters. The molecule has 0 amide bonds. The van der Waals surface area contributed by atoms with E-state index in [1.54, 1.807) is 6.20 Å². The molecule has 4 heteroatoms. The monoisotopic (exact) mass is 196 g/mol. The lowest BCUT2D eigenvalue weighted by atomic mass is 10.2. The number of aromatic nitrogens is 1. The van der Waals surface area contributed by atoms with Crippen LogP contribution in [0.25, 0.3) is 0 Å². The summed E-state index contributed by atoms with van der Waals surface area (Å²) >= 11 is 0. The lowest BCUT2D eigenvalue weighted by Crippen LogP contribution is -2.00. The maximum Gasteiger partial charge on any atom is 0.194 e. The fourth-order valence-corrected chi connectivity index (χ4v) is 1.64. The van der Waals surface area contributed by atoms with E-state index in [1.807, 2.05) is 0 Å². The van der Waals surface area contributed by atoms with Crippen LogP contribution in [0.1, 0.15) is 37.0 Å². The number of aryl methyl sites for hydroxylation is 1. The summed E-state index contributed by atoms with van der Waals surface area (Å²) in [6, 6.07) is 0. The lowest BCUT2D eigenvalue weighted by Gasteiger charge is -2.03. The third-order valence-electron chi connectivity index (χ3n) is 2.41. The van der Waals surface area contributed by atoms with Crippen molar-refractivity contribution in [2.45, 2.75) is 31.8 Å². The molecule has 1 aromatic heterocycles. The Morgan fingerprint density at radius 2 is 2.50 bits per heavy atom. The molecule has 1 unspecified atom stereocenters. The number of nitrogens with zero attached hydrogens (tertiary/aromatic N) is 1. The molecule has 2 N–H and O–H groups in total. The Balaban J connectivity index is 1.94. The molecule has 78 valence electrons. The van der Waals surface area contributed by atoms with Gasteiger partial charge in [0.1, 0.15) is 6.10 Å². The lowest BCUT2D eigenvalue weighted by molar-refractivity contribution is 0.0924. The van der Waals surface area contributed by atoms with Crippen molar-refractivity contribution < 1.29 is 9.15 Å². The van der Waals surface area contributed by atoms with Gasteiger partial charge in [-0.2, -0.15) is 0 Å². The Morgan fingerprint density at radius 1 is 1.57 bits per heavy atom. The van der Waals surface area contributed by atoms with Crippen molar-refractivity contribution in [3.8, 4) is 0 Å². The summed E-state index contributed by atoms with van der Waals surface area (Å²) in [4.78, 5) is 4.20. The van der Waals surface area contributed by atoms with Crippen molar-refractivity contribution in [2.75, 3.05) is 13.2 Å². The highest BCUT2D eigenvalue weighted by atomic mass is 16.5. The van der Waals surface area contributed by atoms with E-state index in [2.05, 4.69) is 4.98 Å². The smallest absolute Gasteiger partial charge is 0.194 e. The van der Waals surface area contributed by atoms with E-state index in [-0.39, 0.29) is 6.10 Å². The first-order valence-corrected chi connectivity index (χ1v) is 5.16. The Hall–Kier alpha value is -0.870. The fourth-order valence-electron chi connectivity index (χ4n) is 1.64. The van der Waals surface area contributed by atoms with E-state index in [4.69, 9.17) is 14.9 Å². The first-order chi connectivity index (χ1) is 6.90. The van der Waals surface area contributed by atoms with Gasteiger partial charge in [-0.1, -0.05) is 0 Å². The quantitative estimate of drug-likeness (QED) is 0.791. The van der Waals surface area contributed by atoms with Crippen LogP contribution in [-0.4, -0.2) is 18.1 Å². The van der Waals surface area contributed by atoms with Gasteiger partial charge >= 0.3 is 0 Å². The summed E-state index contributed by atoms with van der Waals surface area (Å²) in [6.07, 6.45) is 5.82. The molecule has 2 rings (SSSR count). The molecule has 1 aliphatic heterocycles. The summed E-state index contributed by atoms with van der Waals surface area (Å²) in [5, 5.41) is 0. The first kappa shape index (κ1) is 9.68. The normalized spacial score (nSPS) is 21.6. The molecule has 0 spiro atoms. The SMILES string of the molecule is NCCCc1ncc(C2CCCO2)o1. The minimum Gasteiger partial charge on any atom is -0.443 e. The van der Waals surface area contributed by atoms with Crippen LogP contribution in [-0.2, 0) is 11.2 Å². The standard InChI is InChI=1S/C10H16N2O2/c11-5-1-4-10-12-7-9(14-10)8-3-2-6-13-8/h7-8H,1-6,11H2. The Labute approximate surface area is 83.4 Å². The second kappa shape index (κ2) is 4.57. The van der Waals surface area contributed by atoms with Crippen LogP contribution in [0.3, 0.4) is 0 Å². The van der Waals surface area contributed by atoms with E-state index in [9.17, 15) is 0 Å². The molecule has 2 heterocycles. The van der Waals surface area contributed by atoms with Crippen molar-refractivity contribution in [2.24, 2.45) is 5.73 Å². The number of oxazole rings is 1. The van der Waals surface area contributed by atoms with Gasteiger partial charge in [0, 0.05) is 13.0 Å². The Morgan fingerprint density at radius 3 is 3.21 bits per heavy atom. The van der Waals surface area contributed by atoms with Crippen LogP contribution in [0.4, 0.5) is 0 Å². The number of nitrogens with two attached hydrogens (primary N) is 1. The molecule has 1 fully saturated rings. The minimum absolute atomic E-state index is 0.133. The molecular weight excluding hydrogens is 180 g/mol.